The summed E-state index contributed by atoms with van der Waals surface area (Å²) in [5.41, 5.74) is 15.4. The van der Waals surface area contributed by atoms with Crippen molar-refractivity contribution in [2.45, 2.75) is 0 Å². The van der Waals surface area contributed by atoms with E-state index in [1.54, 1.807) is 0 Å². The SMILES string of the molecule is c1ccc(-c2ccc(N(c3ccc(-c4ccc5c(c4)c4ccccc4n5-c4ccccc4)cc3)c3ccc4oc5cccc(-c6nc(-c7ccccc7)nc(-c7ccccc7)n6)c5c4c3)cc2)cc1. The van der Waals surface area contributed by atoms with E-state index in [9.17, 15) is 0 Å². The molecule has 0 aliphatic heterocycles. The third kappa shape index (κ3) is 7.19. The van der Waals surface area contributed by atoms with Crippen LogP contribution in [0.2, 0.25) is 0 Å². The van der Waals surface area contributed by atoms with Gasteiger partial charge in [0.2, 0.25) is 0 Å². The van der Waals surface area contributed by atoms with Gasteiger partial charge in [-0.1, -0.05) is 170 Å². The molecule has 0 radical (unpaired) electrons. The first-order valence-corrected chi connectivity index (χ1v) is 23.2. The molecule has 13 aromatic rings. The summed E-state index contributed by atoms with van der Waals surface area (Å²) in [5.74, 6) is 1.79. The molecule has 6 heteroatoms. The zero-order valence-corrected chi connectivity index (χ0v) is 37.3. The Morgan fingerprint density at radius 2 is 0.826 bits per heavy atom. The highest BCUT2D eigenvalue weighted by Gasteiger charge is 2.21. The fraction of sp³-hybridized carbons (Fsp3) is 0. The molecule has 0 N–H and O–H groups in total. The highest BCUT2D eigenvalue weighted by atomic mass is 16.3. The van der Waals surface area contributed by atoms with Crippen molar-refractivity contribution in [2.75, 3.05) is 4.90 Å². The molecule has 3 aromatic heterocycles. The molecule has 0 atom stereocenters. The second-order valence-corrected chi connectivity index (χ2v) is 17.2. The van der Waals surface area contributed by atoms with Crippen LogP contribution in [0.4, 0.5) is 17.1 Å². The molecule has 13 rings (SSSR count). The van der Waals surface area contributed by atoms with Gasteiger partial charge in [-0.3, -0.25) is 0 Å². The monoisotopic (exact) mass is 883 g/mol. The van der Waals surface area contributed by atoms with Gasteiger partial charge in [0.15, 0.2) is 17.5 Å². The molecule has 0 amide bonds. The van der Waals surface area contributed by atoms with Gasteiger partial charge in [-0.05, 0) is 101 Å². The normalized spacial score (nSPS) is 11.5. The average molecular weight is 884 g/mol. The molecule has 0 aliphatic carbocycles. The van der Waals surface area contributed by atoms with Gasteiger partial charge in [0.1, 0.15) is 11.2 Å². The minimum absolute atomic E-state index is 0.577. The average Bonchev–Trinajstić information content (AvgIpc) is 3.97. The van der Waals surface area contributed by atoms with Crippen molar-refractivity contribution in [3.8, 4) is 62.1 Å². The molecule has 0 fully saturated rings. The fourth-order valence-electron chi connectivity index (χ4n) is 9.76. The Hall–Kier alpha value is -9.39. The number of rotatable bonds is 9. The van der Waals surface area contributed by atoms with Gasteiger partial charge < -0.3 is 13.9 Å². The lowest BCUT2D eigenvalue weighted by Gasteiger charge is -2.26. The first-order chi connectivity index (χ1) is 34.2. The van der Waals surface area contributed by atoms with Crippen LogP contribution in [0.1, 0.15) is 0 Å². The molecule has 69 heavy (non-hydrogen) atoms. The van der Waals surface area contributed by atoms with E-state index in [-0.39, 0.29) is 0 Å². The number of benzene rings is 10. The number of hydrogen-bond acceptors (Lipinski definition) is 5. The summed E-state index contributed by atoms with van der Waals surface area (Å²) in [6.45, 7) is 0. The van der Waals surface area contributed by atoms with Crippen LogP contribution in [-0.2, 0) is 0 Å². The first kappa shape index (κ1) is 39.9. The number of furan rings is 1. The zero-order chi connectivity index (χ0) is 45.7. The molecule has 0 bridgehead atoms. The van der Waals surface area contributed by atoms with Crippen molar-refractivity contribution in [3.63, 3.8) is 0 Å². The minimum Gasteiger partial charge on any atom is -0.456 e. The van der Waals surface area contributed by atoms with Gasteiger partial charge in [-0.15, -0.1) is 0 Å². The van der Waals surface area contributed by atoms with E-state index in [4.69, 9.17) is 19.4 Å². The Morgan fingerprint density at radius 1 is 0.319 bits per heavy atom. The third-order valence-electron chi connectivity index (χ3n) is 13.1. The van der Waals surface area contributed by atoms with E-state index >= 15 is 0 Å². The van der Waals surface area contributed by atoms with Gasteiger partial charge in [0.25, 0.3) is 0 Å². The molecule has 3 heterocycles. The van der Waals surface area contributed by atoms with Gasteiger partial charge in [0, 0.05) is 61.0 Å². The number of fused-ring (bicyclic) bond motifs is 6. The summed E-state index contributed by atoms with van der Waals surface area (Å²) < 4.78 is 8.97. The molecule has 0 saturated heterocycles. The predicted molar refractivity (Wildman–Crippen MR) is 283 cm³/mol. The lowest BCUT2D eigenvalue weighted by atomic mass is 10.0. The van der Waals surface area contributed by atoms with Crippen LogP contribution in [0.15, 0.2) is 253 Å². The van der Waals surface area contributed by atoms with E-state index in [1.165, 1.54) is 27.4 Å². The molecule has 0 unspecified atom stereocenters. The Labute approximate surface area is 398 Å². The standard InChI is InChI=1S/C63H41N5O/c1-5-16-42(17-6-1)43-28-33-49(34-29-43)67(50-35-30-44(31-36-50)47-32-38-57-54(40-47)52-24-13-14-26-56(52)68(57)48-22-11-4-12-23-48)51-37-39-58-55(41-51)60-53(25-15-27-59(60)69-58)63-65-61(45-18-7-2-8-19-45)64-62(66-63)46-20-9-3-10-21-46/h1-41H. The van der Waals surface area contributed by atoms with Crippen molar-refractivity contribution >= 4 is 60.8 Å². The van der Waals surface area contributed by atoms with E-state index in [2.05, 4.69) is 185 Å². The second kappa shape index (κ2) is 16.8. The van der Waals surface area contributed by atoms with Crippen molar-refractivity contribution in [2.24, 2.45) is 0 Å². The fourth-order valence-corrected chi connectivity index (χ4v) is 9.76. The van der Waals surface area contributed by atoms with E-state index in [0.29, 0.717) is 17.5 Å². The quantitative estimate of drug-likeness (QED) is 0.145. The molecule has 10 aromatic carbocycles. The second-order valence-electron chi connectivity index (χ2n) is 17.2. The molecule has 324 valence electrons. The van der Waals surface area contributed by atoms with Crippen LogP contribution in [0.25, 0.3) is 106 Å². The van der Waals surface area contributed by atoms with Crippen LogP contribution < -0.4 is 4.90 Å². The number of hydrogen-bond donors (Lipinski definition) is 0. The van der Waals surface area contributed by atoms with Crippen LogP contribution in [0.5, 0.6) is 0 Å². The van der Waals surface area contributed by atoms with Gasteiger partial charge in [-0.25, -0.2) is 15.0 Å². The first-order valence-electron chi connectivity index (χ1n) is 23.2. The maximum atomic E-state index is 6.61. The topological polar surface area (TPSA) is 60.0 Å². The lowest BCUT2D eigenvalue weighted by molar-refractivity contribution is 0.669. The van der Waals surface area contributed by atoms with Gasteiger partial charge in [0.05, 0.1) is 11.0 Å². The highest BCUT2D eigenvalue weighted by Crippen LogP contribution is 2.43. The summed E-state index contributed by atoms with van der Waals surface area (Å²) in [4.78, 5) is 17.5. The Balaban J connectivity index is 0.942. The zero-order valence-electron chi connectivity index (χ0n) is 37.3. The summed E-state index contributed by atoms with van der Waals surface area (Å²) in [6.07, 6.45) is 0. The molecule has 6 nitrogen and oxygen atoms in total. The maximum Gasteiger partial charge on any atom is 0.164 e. The van der Waals surface area contributed by atoms with Gasteiger partial charge >= 0.3 is 0 Å². The summed E-state index contributed by atoms with van der Waals surface area (Å²) >= 11 is 0. The summed E-state index contributed by atoms with van der Waals surface area (Å²) in [5, 5.41) is 4.36. The van der Waals surface area contributed by atoms with E-state index in [0.717, 1.165) is 78.1 Å². The smallest absolute Gasteiger partial charge is 0.164 e. The number of nitrogens with zero attached hydrogens (tertiary/aromatic N) is 5. The van der Waals surface area contributed by atoms with Crippen LogP contribution in [0, 0.1) is 0 Å². The molecule has 0 aliphatic rings. The molecular formula is C63H41N5O. The van der Waals surface area contributed by atoms with Crippen LogP contribution in [-0.4, -0.2) is 19.5 Å². The summed E-state index contributed by atoms with van der Waals surface area (Å²) in [7, 11) is 0. The largest absolute Gasteiger partial charge is 0.456 e. The Kier molecular flexibility index (Phi) is 9.72. The van der Waals surface area contributed by atoms with Crippen LogP contribution in [0.3, 0.4) is 0 Å². The molecule has 0 saturated carbocycles. The van der Waals surface area contributed by atoms with E-state index in [1.807, 2.05) is 72.8 Å². The van der Waals surface area contributed by atoms with Crippen molar-refractivity contribution in [1.82, 2.24) is 19.5 Å². The number of aromatic nitrogens is 4. The number of para-hydroxylation sites is 2. The van der Waals surface area contributed by atoms with Crippen molar-refractivity contribution < 1.29 is 4.42 Å². The lowest BCUT2D eigenvalue weighted by Crippen LogP contribution is -2.09. The minimum atomic E-state index is 0.577. The van der Waals surface area contributed by atoms with Crippen molar-refractivity contribution in [1.29, 1.82) is 0 Å². The van der Waals surface area contributed by atoms with Crippen LogP contribution >= 0.6 is 0 Å². The van der Waals surface area contributed by atoms with Crippen molar-refractivity contribution in [3.05, 3.63) is 249 Å². The Morgan fingerprint density at radius 3 is 1.48 bits per heavy atom. The molecular weight excluding hydrogens is 843 g/mol. The third-order valence-corrected chi connectivity index (χ3v) is 13.1. The van der Waals surface area contributed by atoms with Gasteiger partial charge in [-0.2, -0.15) is 0 Å². The Bertz CT molecular complexity index is 3920. The molecule has 0 spiro atoms. The summed E-state index contributed by atoms with van der Waals surface area (Å²) in [6, 6.07) is 87.1. The predicted octanol–water partition coefficient (Wildman–Crippen LogP) is 16.7. The highest BCUT2D eigenvalue weighted by molar-refractivity contribution is 6.13. The maximum absolute atomic E-state index is 6.61. The number of anilines is 3. The van der Waals surface area contributed by atoms with E-state index < -0.39 is 0 Å².